The number of nitrogens with one attached hydrogen (secondary N) is 1. The van der Waals surface area contributed by atoms with Crippen LogP contribution in [-0.4, -0.2) is 29.4 Å². The molecule has 0 aromatic carbocycles. The van der Waals surface area contributed by atoms with Gasteiger partial charge in [-0.15, -0.1) is 0 Å². The van der Waals surface area contributed by atoms with Gasteiger partial charge in [0.1, 0.15) is 0 Å². The summed E-state index contributed by atoms with van der Waals surface area (Å²) in [7, 11) is 0. The summed E-state index contributed by atoms with van der Waals surface area (Å²) >= 11 is 0. The van der Waals surface area contributed by atoms with Gasteiger partial charge in [-0.25, -0.2) is 0 Å². The van der Waals surface area contributed by atoms with Crippen molar-refractivity contribution in [2.75, 3.05) is 13.1 Å². The van der Waals surface area contributed by atoms with Crippen LogP contribution < -0.4 is 5.32 Å². The van der Waals surface area contributed by atoms with Crippen molar-refractivity contribution >= 4 is 5.91 Å². The van der Waals surface area contributed by atoms with E-state index in [1.807, 2.05) is 13.8 Å². The molecule has 0 spiro atoms. The van der Waals surface area contributed by atoms with Crippen LogP contribution in [-0.2, 0) is 4.79 Å². The minimum atomic E-state index is -0.424. The maximum atomic E-state index is 11.5. The fourth-order valence-electron chi connectivity index (χ4n) is 1.20. The van der Waals surface area contributed by atoms with E-state index in [0.29, 0.717) is 0 Å². The largest absolute Gasteiger partial charge is 0.317 e. The molecule has 3 nitrogen and oxygen atoms in total. The average molecular weight is 154 g/mol. The normalized spacial score (nSPS) is 23.5. The molecule has 0 aromatic heterocycles. The van der Waals surface area contributed by atoms with E-state index in [1.54, 1.807) is 11.1 Å². The van der Waals surface area contributed by atoms with Crippen molar-refractivity contribution in [3.05, 3.63) is 12.8 Å². The molecule has 1 saturated heterocycles. The van der Waals surface area contributed by atoms with Gasteiger partial charge in [0.05, 0.1) is 5.54 Å². The van der Waals surface area contributed by atoms with Gasteiger partial charge in [0.25, 0.3) is 0 Å². The molecule has 0 bridgehead atoms. The van der Waals surface area contributed by atoms with Gasteiger partial charge in [-0.05, 0) is 20.0 Å². The van der Waals surface area contributed by atoms with Crippen LogP contribution in [0.5, 0.6) is 0 Å². The van der Waals surface area contributed by atoms with Crippen LogP contribution in [0.1, 0.15) is 13.8 Å². The molecular formula is C8H14N2O. The Bertz CT molecular complexity index is 187. The van der Waals surface area contributed by atoms with E-state index in [4.69, 9.17) is 0 Å². The van der Waals surface area contributed by atoms with Gasteiger partial charge in [-0.2, -0.15) is 0 Å². The quantitative estimate of drug-likeness (QED) is 0.590. The lowest BCUT2D eigenvalue weighted by atomic mass is 10.0. The molecule has 0 aliphatic carbocycles. The van der Waals surface area contributed by atoms with E-state index in [2.05, 4.69) is 11.9 Å². The number of piperazine rings is 1. The lowest BCUT2D eigenvalue weighted by Crippen LogP contribution is -2.59. The average Bonchev–Trinajstić information content (AvgIpc) is 1.95. The first-order valence-electron chi connectivity index (χ1n) is 3.76. The smallest absolute Gasteiger partial charge is 0.246 e. The minimum absolute atomic E-state index is 0.0961. The number of carbonyl (C=O) groups excluding carboxylic acids is 1. The highest BCUT2D eigenvalue weighted by Crippen LogP contribution is 2.11. The monoisotopic (exact) mass is 154 g/mol. The van der Waals surface area contributed by atoms with Gasteiger partial charge < -0.3 is 10.2 Å². The Kier molecular flexibility index (Phi) is 2.00. The molecule has 1 aliphatic heterocycles. The van der Waals surface area contributed by atoms with Gasteiger partial charge in [-0.3, -0.25) is 4.79 Å². The summed E-state index contributed by atoms with van der Waals surface area (Å²) in [5.74, 6) is 0.0961. The van der Waals surface area contributed by atoms with E-state index in [0.717, 1.165) is 13.1 Å². The van der Waals surface area contributed by atoms with Crippen molar-refractivity contribution < 1.29 is 4.79 Å². The Morgan fingerprint density at radius 2 is 2.36 bits per heavy atom. The van der Waals surface area contributed by atoms with Crippen LogP contribution >= 0.6 is 0 Å². The zero-order valence-corrected chi connectivity index (χ0v) is 7.05. The zero-order valence-electron chi connectivity index (χ0n) is 7.05. The van der Waals surface area contributed by atoms with Crippen molar-refractivity contribution in [3.8, 4) is 0 Å². The van der Waals surface area contributed by atoms with Gasteiger partial charge in [0.15, 0.2) is 0 Å². The van der Waals surface area contributed by atoms with E-state index in [-0.39, 0.29) is 5.91 Å². The van der Waals surface area contributed by atoms with Crippen molar-refractivity contribution in [3.63, 3.8) is 0 Å². The van der Waals surface area contributed by atoms with Gasteiger partial charge >= 0.3 is 0 Å². The summed E-state index contributed by atoms with van der Waals surface area (Å²) in [4.78, 5) is 13.1. The lowest BCUT2D eigenvalue weighted by Gasteiger charge is -2.36. The summed E-state index contributed by atoms with van der Waals surface area (Å²) < 4.78 is 0. The number of amides is 1. The Labute approximate surface area is 67.1 Å². The third kappa shape index (κ3) is 1.43. The molecule has 1 rings (SSSR count). The van der Waals surface area contributed by atoms with Crippen LogP contribution in [0.25, 0.3) is 0 Å². The van der Waals surface area contributed by atoms with E-state index >= 15 is 0 Å². The van der Waals surface area contributed by atoms with Crippen LogP contribution in [0.4, 0.5) is 0 Å². The highest BCUT2D eigenvalue weighted by molar-refractivity contribution is 5.87. The molecule has 0 radical (unpaired) electrons. The molecule has 1 aliphatic rings. The van der Waals surface area contributed by atoms with Crippen molar-refractivity contribution in [1.29, 1.82) is 0 Å². The van der Waals surface area contributed by atoms with Gasteiger partial charge in [0, 0.05) is 13.1 Å². The fraction of sp³-hybridized carbons (Fsp3) is 0.625. The molecule has 62 valence electrons. The zero-order chi connectivity index (χ0) is 8.48. The number of hydrogen-bond acceptors (Lipinski definition) is 2. The molecule has 1 heterocycles. The summed E-state index contributed by atoms with van der Waals surface area (Å²) in [5.41, 5.74) is -0.424. The van der Waals surface area contributed by atoms with Gasteiger partial charge in [-0.1, -0.05) is 6.58 Å². The Hall–Kier alpha value is -0.830. The van der Waals surface area contributed by atoms with Gasteiger partial charge in [0.2, 0.25) is 5.91 Å². The summed E-state index contributed by atoms with van der Waals surface area (Å²) in [6, 6.07) is 0. The van der Waals surface area contributed by atoms with Crippen molar-refractivity contribution in [2.45, 2.75) is 19.4 Å². The molecule has 0 saturated carbocycles. The summed E-state index contributed by atoms with van der Waals surface area (Å²) in [6.07, 6.45) is 1.59. The van der Waals surface area contributed by atoms with Crippen molar-refractivity contribution in [2.24, 2.45) is 0 Å². The molecular weight excluding hydrogens is 140 g/mol. The summed E-state index contributed by atoms with van der Waals surface area (Å²) in [6.45, 7) is 8.90. The van der Waals surface area contributed by atoms with Crippen LogP contribution in [0.15, 0.2) is 12.8 Å². The maximum absolute atomic E-state index is 11.5. The number of rotatable bonds is 1. The van der Waals surface area contributed by atoms with E-state index < -0.39 is 5.54 Å². The number of nitrogens with zero attached hydrogens (tertiary/aromatic N) is 1. The predicted molar refractivity (Wildman–Crippen MR) is 44.0 cm³/mol. The predicted octanol–water partition coefficient (Wildman–Crippen LogP) is 0.340. The highest BCUT2D eigenvalue weighted by Gasteiger charge is 2.33. The maximum Gasteiger partial charge on any atom is 0.246 e. The third-order valence-electron chi connectivity index (χ3n) is 1.94. The molecule has 11 heavy (non-hydrogen) atoms. The molecule has 0 unspecified atom stereocenters. The second kappa shape index (κ2) is 2.66. The lowest BCUT2D eigenvalue weighted by molar-refractivity contribution is -0.136. The molecule has 1 amide bonds. The molecule has 0 aromatic rings. The first-order valence-corrected chi connectivity index (χ1v) is 3.76. The molecule has 3 heteroatoms. The Morgan fingerprint density at radius 1 is 1.73 bits per heavy atom. The second-order valence-corrected chi connectivity index (χ2v) is 3.23. The SMILES string of the molecule is C=CN1CCNC(C)(C)C1=O. The fourth-order valence-corrected chi connectivity index (χ4v) is 1.20. The molecule has 1 N–H and O–H groups in total. The standard InChI is InChI=1S/C8H14N2O/c1-4-10-6-5-9-8(2,3)7(10)11/h4,9H,1,5-6H2,2-3H3. The number of carbonyl (C=O) groups is 1. The second-order valence-electron chi connectivity index (χ2n) is 3.23. The third-order valence-corrected chi connectivity index (χ3v) is 1.94. The van der Waals surface area contributed by atoms with Crippen LogP contribution in [0.3, 0.4) is 0 Å². The Morgan fingerprint density at radius 3 is 2.82 bits per heavy atom. The first kappa shape index (κ1) is 8.27. The first-order chi connectivity index (χ1) is 5.08. The van der Waals surface area contributed by atoms with E-state index in [1.165, 1.54) is 0 Å². The van der Waals surface area contributed by atoms with Crippen LogP contribution in [0.2, 0.25) is 0 Å². The molecule has 1 fully saturated rings. The van der Waals surface area contributed by atoms with Crippen molar-refractivity contribution in [1.82, 2.24) is 10.2 Å². The minimum Gasteiger partial charge on any atom is -0.317 e. The van der Waals surface area contributed by atoms with E-state index in [9.17, 15) is 4.79 Å². The highest BCUT2D eigenvalue weighted by atomic mass is 16.2. The summed E-state index contributed by atoms with van der Waals surface area (Å²) in [5, 5.41) is 3.13. The molecule has 0 atom stereocenters. The number of hydrogen-bond donors (Lipinski definition) is 1. The Balaban J connectivity index is 2.75. The topological polar surface area (TPSA) is 32.3 Å². The van der Waals surface area contributed by atoms with Crippen LogP contribution in [0, 0.1) is 0 Å².